The van der Waals surface area contributed by atoms with Crippen molar-refractivity contribution >= 4 is 29.1 Å². The first kappa shape index (κ1) is 19.6. The first-order chi connectivity index (χ1) is 13.5. The smallest absolute Gasteiger partial charge is 0.325 e. The van der Waals surface area contributed by atoms with Crippen LogP contribution in [0.15, 0.2) is 64.5 Å². The van der Waals surface area contributed by atoms with Crippen molar-refractivity contribution in [3.63, 3.8) is 0 Å². The Bertz CT molecular complexity index is 1010. The minimum atomic E-state index is -0.293. The molecule has 0 spiro atoms. The molecule has 0 radical (unpaired) electrons. The number of aromatic amines is 1. The Labute approximate surface area is 166 Å². The fraction of sp³-hybridized carbons (Fsp3) is 0.200. The Morgan fingerprint density at radius 2 is 1.82 bits per heavy atom. The fourth-order valence-corrected chi connectivity index (χ4v) is 3.38. The Morgan fingerprint density at radius 1 is 1.11 bits per heavy atom. The molecule has 0 atom stereocenters. The molecule has 2 N–H and O–H groups in total. The van der Waals surface area contributed by atoms with Gasteiger partial charge in [0.25, 0.3) is 0 Å². The van der Waals surface area contributed by atoms with E-state index in [-0.39, 0.29) is 23.1 Å². The number of carbonyl (C=O) groups excluding carboxylic acids is 2. The molecule has 0 saturated heterocycles. The molecule has 144 valence electrons. The summed E-state index contributed by atoms with van der Waals surface area (Å²) in [6, 6.07) is 16.6. The number of ketones is 1. The van der Waals surface area contributed by atoms with Crippen molar-refractivity contribution in [1.82, 2.24) is 14.8 Å². The van der Waals surface area contributed by atoms with Gasteiger partial charge in [-0.05, 0) is 43.2 Å². The summed E-state index contributed by atoms with van der Waals surface area (Å²) in [4.78, 5) is 35.5. The van der Waals surface area contributed by atoms with Crippen LogP contribution in [-0.2, 0) is 17.8 Å². The molecule has 0 aliphatic heterocycles. The number of amides is 1. The number of benzene rings is 2. The molecule has 1 heterocycles. The number of H-pyrrole nitrogens is 1. The van der Waals surface area contributed by atoms with Crippen LogP contribution in [0.1, 0.15) is 22.8 Å². The van der Waals surface area contributed by atoms with E-state index in [9.17, 15) is 14.4 Å². The van der Waals surface area contributed by atoms with Crippen LogP contribution in [0, 0.1) is 0 Å². The van der Waals surface area contributed by atoms with Crippen molar-refractivity contribution < 1.29 is 9.59 Å². The third-order valence-corrected chi connectivity index (χ3v) is 5.07. The van der Waals surface area contributed by atoms with Crippen LogP contribution in [0.25, 0.3) is 0 Å². The van der Waals surface area contributed by atoms with Gasteiger partial charge in [-0.15, -0.1) is 5.10 Å². The minimum Gasteiger partial charge on any atom is -0.325 e. The molecule has 0 unspecified atom stereocenters. The maximum Gasteiger partial charge on any atom is 0.343 e. The zero-order valence-electron chi connectivity index (χ0n) is 15.3. The molecule has 7 nitrogen and oxygen atoms in total. The number of nitrogens with zero attached hydrogens (tertiary/aromatic N) is 2. The monoisotopic (exact) mass is 396 g/mol. The Morgan fingerprint density at radius 3 is 2.50 bits per heavy atom. The molecule has 3 aromatic rings. The summed E-state index contributed by atoms with van der Waals surface area (Å²) in [5.41, 5.74) is 2.03. The van der Waals surface area contributed by atoms with E-state index in [0.717, 1.165) is 5.56 Å². The van der Waals surface area contributed by atoms with Gasteiger partial charge in [0.1, 0.15) is 0 Å². The number of aromatic nitrogens is 3. The van der Waals surface area contributed by atoms with E-state index in [0.29, 0.717) is 29.4 Å². The van der Waals surface area contributed by atoms with Gasteiger partial charge in [0.05, 0.1) is 5.75 Å². The second-order valence-electron chi connectivity index (χ2n) is 6.17. The number of Topliss-reactive ketones (excluding diaryl/α,β-unsaturated/α-hetero) is 1. The highest BCUT2D eigenvalue weighted by molar-refractivity contribution is 7.99. The molecular weight excluding hydrogens is 376 g/mol. The van der Waals surface area contributed by atoms with E-state index in [1.165, 1.54) is 23.3 Å². The van der Waals surface area contributed by atoms with Gasteiger partial charge in [0.2, 0.25) is 5.91 Å². The summed E-state index contributed by atoms with van der Waals surface area (Å²) in [7, 11) is 0. The number of hydrogen-bond acceptors (Lipinski definition) is 5. The second kappa shape index (κ2) is 9.18. The second-order valence-corrected chi connectivity index (χ2v) is 7.11. The molecule has 3 rings (SSSR count). The van der Waals surface area contributed by atoms with Crippen LogP contribution < -0.4 is 11.0 Å². The number of aryl methyl sites for hydroxylation is 1. The van der Waals surface area contributed by atoms with Crippen molar-refractivity contribution in [2.24, 2.45) is 0 Å². The van der Waals surface area contributed by atoms with Gasteiger partial charge in [-0.1, -0.05) is 42.1 Å². The van der Waals surface area contributed by atoms with Crippen LogP contribution in [0.2, 0.25) is 0 Å². The Kier molecular flexibility index (Phi) is 6.44. The summed E-state index contributed by atoms with van der Waals surface area (Å²) in [6.07, 6.45) is 0.697. The van der Waals surface area contributed by atoms with Gasteiger partial charge in [0, 0.05) is 17.8 Å². The van der Waals surface area contributed by atoms with Gasteiger partial charge in [-0.3, -0.25) is 14.2 Å². The summed E-state index contributed by atoms with van der Waals surface area (Å²) in [5.74, 6) is -0.129. The van der Waals surface area contributed by atoms with E-state index in [1.807, 2.05) is 30.3 Å². The van der Waals surface area contributed by atoms with Gasteiger partial charge in [-0.2, -0.15) is 0 Å². The van der Waals surface area contributed by atoms with Crippen LogP contribution in [-0.4, -0.2) is 32.2 Å². The summed E-state index contributed by atoms with van der Waals surface area (Å²) < 4.78 is 1.53. The van der Waals surface area contributed by atoms with Crippen LogP contribution in [0.4, 0.5) is 5.69 Å². The van der Waals surface area contributed by atoms with E-state index >= 15 is 0 Å². The number of nitrogens with one attached hydrogen (secondary N) is 2. The highest BCUT2D eigenvalue weighted by Gasteiger charge is 2.12. The quantitative estimate of drug-likeness (QED) is 0.451. The average molecular weight is 396 g/mol. The highest BCUT2D eigenvalue weighted by Crippen LogP contribution is 2.15. The lowest BCUT2D eigenvalue weighted by atomic mass is 10.1. The maximum atomic E-state index is 12.2. The lowest BCUT2D eigenvalue weighted by Gasteiger charge is -2.07. The number of anilines is 1. The first-order valence-corrected chi connectivity index (χ1v) is 9.74. The van der Waals surface area contributed by atoms with Gasteiger partial charge in [0.15, 0.2) is 10.9 Å². The van der Waals surface area contributed by atoms with Crippen molar-refractivity contribution in [2.75, 3.05) is 11.1 Å². The molecule has 0 fully saturated rings. The summed E-state index contributed by atoms with van der Waals surface area (Å²) in [5, 5.41) is 9.69. The SMILES string of the molecule is CC(=O)c1ccc(NC(=O)CSc2n[nH]c(=O)n2CCc2ccccc2)cc1. The molecule has 2 aromatic carbocycles. The fourth-order valence-electron chi connectivity index (χ4n) is 2.61. The standard InChI is InChI=1S/C20H20N4O3S/c1-14(25)16-7-9-17(10-8-16)21-18(26)13-28-20-23-22-19(27)24(20)12-11-15-5-3-2-4-6-15/h2-10H,11-13H2,1H3,(H,21,26)(H,22,27). The Hall–Kier alpha value is -3.13. The molecular formula is C20H20N4O3S. The molecule has 0 aliphatic rings. The predicted molar refractivity (Wildman–Crippen MR) is 109 cm³/mol. The topological polar surface area (TPSA) is 96.8 Å². The third kappa shape index (κ3) is 5.20. The lowest BCUT2D eigenvalue weighted by Crippen LogP contribution is -2.20. The average Bonchev–Trinajstić information content (AvgIpc) is 3.05. The Balaban J connectivity index is 1.56. The summed E-state index contributed by atoms with van der Waals surface area (Å²) in [6.45, 7) is 1.97. The molecule has 28 heavy (non-hydrogen) atoms. The maximum absolute atomic E-state index is 12.2. The van der Waals surface area contributed by atoms with Gasteiger partial charge in [-0.25, -0.2) is 9.89 Å². The zero-order chi connectivity index (χ0) is 19.9. The van der Waals surface area contributed by atoms with Crippen LogP contribution >= 0.6 is 11.8 Å². The number of carbonyl (C=O) groups is 2. The van der Waals surface area contributed by atoms with Crippen molar-refractivity contribution in [3.05, 3.63) is 76.2 Å². The third-order valence-electron chi connectivity index (χ3n) is 4.10. The van der Waals surface area contributed by atoms with Crippen molar-refractivity contribution in [3.8, 4) is 0 Å². The lowest BCUT2D eigenvalue weighted by molar-refractivity contribution is -0.113. The summed E-state index contributed by atoms with van der Waals surface area (Å²) >= 11 is 1.19. The predicted octanol–water partition coefficient (Wildman–Crippen LogP) is 2.75. The van der Waals surface area contributed by atoms with E-state index < -0.39 is 0 Å². The van der Waals surface area contributed by atoms with Crippen LogP contribution in [0.5, 0.6) is 0 Å². The van der Waals surface area contributed by atoms with E-state index in [2.05, 4.69) is 15.5 Å². The first-order valence-electron chi connectivity index (χ1n) is 8.75. The number of rotatable bonds is 8. The molecule has 1 amide bonds. The molecule has 0 aliphatic carbocycles. The molecule has 1 aromatic heterocycles. The molecule has 0 bridgehead atoms. The van der Waals surface area contributed by atoms with E-state index in [4.69, 9.17) is 0 Å². The van der Waals surface area contributed by atoms with Crippen molar-refractivity contribution in [1.29, 1.82) is 0 Å². The zero-order valence-corrected chi connectivity index (χ0v) is 16.2. The van der Waals surface area contributed by atoms with E-state index in [1.54, 1.807) is 24.3 Å². The normalized spacial score (nSPS) is 10.6. The van der Waals surface area contributed by atoms with Crippen LogP contribution in [0.3, 0.4) is 0 Å². The number of thioether (sulfide) groups is 1. The highest BCUT2D eigenvalue weighted by atomic mass is 32.2. The molecule has 8 heteroatoms. The largest absolute Gasteiger partial charge is 0.343 e. The van der Waals surface area contributed by atoms with Gasteiger partial charge < -0.3 is 5.32 Å². The number of hydrogen-bond donors (Lipinski definition) is 2. The minimum absolute atomic E-state index is 0.0274. The van der Waals surface area contributed by atoms with Gasteiger partial charge >= 0.3 is 5.69 Å². The van der Waals surface area contributed by atoms with Crippen molar-refractivity contribution in [2.45, 2.75) is 25.0 Å². The molecule has 0 saturated carbocycles.